The lowest BCUT2D eigenvalue weighted by molar-refractivity contribution is 0.0795. The van der Waals surface area contributed by atoms with Crippen molar-refractivity contribution in [2.24, 2.45) is 5.92 Å². The molecule has 0 amide bonds. The second kappa shape index (κ2) is 9.59. The van der Waals surface area contributed by atoms with E-state index >= 15 is 0 Å². The molecule has 0 spiro atoms. The molecule has 0 N–H and O–H groups in total. The van der Waals surface area contributed by atoms with Gasteiger partial charge in [-0.05, 0) is 66.8 Å². The van der Waals surface area contributed by atoms with Crippen molar-refractivity contribution in [2.75, 3.05) is 6.61 Å². The SMILES string of the molecule is CCCC1CCC(c2ccc(-c3ccc(OCC(F)F)c(F)c3F)cc2F)CC1. The van der Waals surface area contributed by atoms with Crippen LogP contribution in [0.4, 0.5) is 22.0 Å². The Bertz CT molecular complexity index is 828. The van der Waals surface area contributed by atoms with E-state index in [9.17, 15) is 22.0 Å². The second-order valence-corrected chi connectivity index (χ2v) is 7.68. The second-order valence-electron chi connectivity index (χ2n) is 7.68. The smallest absolute Gasteiger partial charge is 0.272 e. The van der Waals surface area contributed by atoms with Gasteiger partial charge in [-0.3, -0.25) is 0 Å². The van der Waals surface area contributed by atoms with Gasteiger partial charge >= 0.3 is 0 Å². The Kier molecular flexibility index (Phi) is 7.14. The Morgan fingerprint density at radius 1 is 0.966 bits per heavy atom. The molecule has 0 heterocycles. The van der Waals surface area contributed by atoms with E-state index < -0.39 is 36.2 Å². The van der Waals surface area contributed by atoms with Crippen LogP contribution in [-0.4, -0.2) is 13.0 Å². The fourth-order valence-corrected chi connectivity index (χ4v) is 4.22. The highest BCUT2D eigenvalue weighted by molar-refractivity contribution is 5.66. The van der Waals surface area contributed by atoms with E-state index in [4.69, 9.17) is 0 Å². The van der Waals surface area contributed by atoms with Gasteiger partial charge in [0.2, 0.25) is 5.82 Å². The molecule has 1 aliphatic carbocycles. The lowest BCUT2D eigenvalue weighted by Crippen LogP contribution is -2.14. The standard InChI is InChI=1S/C23H25F5O/c1-2-3-14-4-6-15(7-5-14)17-9-8-16(12-19(17)24)18-10-11-20(23(28)22(18)27)29-13-21(25)26/h8-12,14-15,21H,2-7,13H2,1H3. The maximum Gasteiger partial charge on any atom is 0.272 e. The zero-order valence-electron chi connectivity index (χ0n) is 16.4. The van der Waals surface area contributed by atoms with Crippen LogP contribution in [-0.2, 0) is 0 Å². The molecule has 29 heavy (non-hydrogen) atoms. The largest absolute Gasteiger partial charge is 0.484 e. The van der Waals surface area contributed by atoms with E-state index in [-0.39, 0.29) is 17.0 Å². The van der Waals surface area contributed by atoms with E-state index in [1.807, 2.05) is 0 Å². The predicted octanol–water partition coefficient (Wildman–Crippen LogP) is 7.49. The molecule has 0 unspecified atom stereocenters. The topological polar surface area (TPSA) is 9.23 Å². The lowest BCUT2D eigenvalue weighted by Gasteiger charge is -2.29. The third-order valence-corrected chi connectivity index (χ3v) is 5.71. The summed E-state index contributed by atoms with van der Waals surface area (Å²) >= 11 is 0. The van der Waals surface area contributed by atoms with Crippen LogP contribution < -0.4 is 4.74 Å². The summed E-state index contributed by atoms with van der Waals surface area (Å²) in [4.78, 5) is 0. The molecule has 3 rings (SSSR count). The highest BCUT2D eigenvalue weighted by Crippen LogP contribution is 2.39. The summed E-state index contributed by atoms with van der Waals surface area (Å²) in [6.07, 6.45) is 3.60. The number of hydrogen-bond donors (Lipinski definition) is 0. The number of ether oxygens (including phenoxy) is 1. The van der Waals surface area contributed by atoms with Crippen molar-refractivity contribution in [3.8, 4) is 16.9 Å². The molecule has 2 aromatic carbocycles. The van der Waals surface area contributed by atoms with Crippen molar-refractivity contribution in [3.05, 3.63) is 53.3 Å². The first-order chi connectivity index (χ1) is 13.9. The molecule has 1 fully saturated rings. The van der Waals surface area contributed by atoms with Crippen molar-refractivity contribution in [1.82, 2.24) is 0 Å². The first kappa shape index (κ1) is 21.6. The fraction of sp³-hybridized carbons (Fsp3) is 0.478. The summed E-state index contributed by atoms with van der Waals surface area (Å²) in [6, 6.07) is 6.73. The van der Waals surface area contributed by atoms with Crippen molar-refractivity contribution in [1.29, 1.82) is 0 Å². The van der Waals surface area contributed by atoms with E-state index in [2.05, 4.69) is 11.7 Å². The molecule has 0 bridgehead atoms. The van der Waals surface area contributed by atoms with Crippen LogP contribution in [0.2, 0.25) is 0 Å². The first-order valence-corrected chi connectivity index (χ1v) is 10.1. The van der Waals surface area contributed by atoms with Gasteiger partial charge in [-0.2, -0.15) is 4.39 Å². The van der Waals surface area contributed by atoms with Gasteiger partial charge in [0.25, 0.3) is 6.43 Å². The molecule has 0 radical (unpaired) electrons. The van der Waals surface area contributed by atoms with E-state index in [1.54, 1.807) is 12.1 Å². The molecule has 1 nitrogen and oxygen atoms in total. The highest BCUT2D eigenvalue weighted by atomic mass is 19.3. The van der Waals surface area contributed by atoms with Gasteiger partial charge in [0.05, 0.1) is 0 Å². The summed E-state index contributed by atoms with van der Waals surface area (Å²) in [6.45, 7) is 1.14. The summed E-state index contributed by atoms with van der Waals surface area (Å²) in [7, 11) is 0. The van der Waals surface area contributed by atoms with Crippen molar-refractivity contribution in [2.45, 2.75) is 57.8 Å². The summed E-state index contributed by atoms with van der Waals surface area (Å²) in [5.41, 5.74) is 0.674. The normalized spacial score (nSPS) is 19.6. The third kappa shape index (κ3) is 5.09. The Morgan fingerprint density at radius 3 is 2.31 bits per heavy atom. The quantitative estimate of drug-likeness (QED) is 0.428. The van der Waals surface area contributed by atoms with E-state index in [0.717, 1.165) is 38.2 Å². The number of rotatable bonds is 7. The van der Waals surface area contributed by atoms with E-state index in [1.165, 1.54) is 18.6 Å². The van der Waals surface area contributed by atoms with Crippen molar-refractivity contribution >= 4 is 0 Å². The third-order valence-electron chi connectivity index (χ3n) is 5.71. The molecule has 1 saturated carbocycles. The van der Waals surface area contributed by atoms with Crippen LogP contribution in [0.5, 0.6) is 5.75 Å². The van der Waals surface area contributed by atoms with Crippen LogP contribution >= 0.6 is 0 Å². The lowest BCUT2D eigenvalue weighted by atomic mass is 9.77. The molecular formula is C23H25F5O. The molecular weight excluding hydrogens is 387 g/mol. The molecule has 1 aliphatic rings. The molecule has 0 atom stereocenters. The van der Waals surface area contributed by atoms with Gasteiger partial charge in [-0.1, -0.05) is 31.9 Å². The molecule has 0 aliphatic heterocycles. The maximum atomic E-state index is 14.8. The minimum absolute atomic E-state index is 0.135. The number of alkyl halides is 2. The van der Waals surface area contributed by atoms with Gasteiger partial charge in [0.1, 0.15) is 12.4 Å². The van der Waals surface area contributed by atoms with Gasteiger partial charge < -0.3 is 4.74 Å². The monoisotopic (exact) mass is 412 g/mol. The Morgan fingerprint density at radius 2 is 1.69 bits per heavy atom. The van der Waals surface area contributed by atoms with Crippen molar-refractivity contribution in [3.63, 3.8) is 0 Å². The van der Waals surface area contributed by atoms with Crippen LogP contribution in [0.3, 0.4) is 0 Å². The number of halogens is 5. The van der Waals surface area contributed by atoms with Crippen LogP contribution in [0, 0.1) is 23.4 Å². The zero-order valence-corrected chi connectivity index (χ0v) is 16.4. The molecule has 0 saturated heterocycles. The fourth-order valence-electron chi connectivity index (χ4n) is 4.22. The first-order valence-electron chi connectivity index (χ1n) is 10.1. The summed E-state index contributed by atoms with van der Waals surface area (Å²) in [5, 5.41) is 0. The molecule has 2 aromatic rings. The Hall–Kier alpha value is -2.11. The van der Waals surface area contributed by atoms with Crippen LogP contribution in [0.15, 0.2) is 30.3 Å². The molecule has 6 heteroatoms. The zero-order chi connectivity index (χ0) is 21.0. The minimum Gasteiger partial charge on any atom is -0.484 e. The van der Waals surface area contributed by atoms with Crippen LogP contribution in [0.1, 0.15) is 56.9 Å². The van der Waals surface area contributed by atoms with Crippen LogP contribution in [0.25, 0.3) is 11.1 Å². The average Bonchev–Trinajstić information content (AvgIpc) is 2.70. The van der Waals surface area contributed by atoms with Crippen molar-refractivity contribution < 1.29 is 26.7 Å². The Balaban J connectivity index is 1.77. The van der Waals surface area contributed by atoms with Gasteiger partial charge in [-0.15, -0.1) is 0 Å². The Labute approximate surface area is 167 Å². The maximum absolute atomic E-state index is 14.8. The molecule has 0 aromatic heterocycles. The number of benzene rings is 2. The van der Waals surface area contributed by atoms with Gasteiger partial charge in [0.15, 0.2) is 11.6 Å². The summed E-state index contributed by atoms with van der Waals surface area (Å²) < 4.78 is 72.3. The minimum atomic E-state index is -2.80. The molecule has 158 valence electrons. The average molecular weight is 412 g/mol. The number of hydrogen-bond acceptors (Lipinski definition) is 1. The van der Waals surface area contributed by atoms with E-state index in [0.29, 0.717) is 11.5 Å². The van der Waals surface area contributed by atoms with Gasteiger partial charge in [0, 0.05) is 5.56 Å². The van der Waals surface area contributed by atoms with Gasteiger partial charge in [-0.25, -0.2) is 17.6 Å². The highest BCUT2D eigenvalue weighted by Gasteiger charge is 2.25. The predicted molar refractivity (Wildman–Crippen MR) is 103 cm³/mol. The summed E-state index contributed by atoms with van der Waals surface area (Å²) in [5.74, 6) is -2.78.